The maximum atomic E-state index is 13.4. The van der Waals surface area contributed by atoms with E-state index in [0.29, 0.717) is 29.8 Å². The first-order valence-corrected chi connectivity index (χ1v) is 12.2. The Balaban J connectivity index is 1.11. The first-order chi connectivity index (χ1) is 16.6. The Hall–Kier alpha value is -3.00. The number of fused-ring (bicyclic) bond motifs is 1. The van der Waals surface area contributed by atoms with E-state index in [0.717, 1.165) is 68.5 Å². The second-order valence-electron chi connectivity index (χ2n) is 9.40. The van der Waals surface area contributed by atoms with Gasteiger partial charge in [0, 0.05) is 31.3 Å². The molecule has 3 heterocycles. The van der Waals surface area contributed by atoms with Gasteiger partial charge in [0.05, 0.1) is 30.4 Å². The number of aromatic nitrogens is 3. The molecular weight excluding hydrogens is 435 g/mol. The number of carbonyl (C=O) groups excluding carboxylic acids is 1. The Kier molecular flexibility index (Phi) is 6.76. The lowest BCUT2D eigenvalue weighted by Gasteiger charge is -2.36. The van der Waals surface area contributed by atoms with E-state index in [1.165, 1.54) is 19.2 Å². The smallest absolute Gasteiger partial charge is 0.305 e. The summed E-state index contributed by atoms with van der Waals surface area (Å²) in [5.74, 6) is 1.69. The summed E-state index contributed by atoms with van der Waals surface area (Å²) in [6.45, 7) is 1.83. The van der Waals surface area contributed by atoms with Gasteiger partial charge >= 0.3 is 5.97 Å². The average molecular weight is 467 g/mol. The lowest BCUT2D eigenvalue weighted by atomic mass is 9.85. The van der Waals surface area contributed by atoms with Crippen LogP contribution in [0.15, 0.2) is 36.5 Å². The van der Waals surface area contributed by atoms with E-state index < -0.39 is 0 Å². The van der Waals surface area contributed by atoms with Crippen LogP contribution in [-0.4, -0.2) is 53.3 Å². The zero-order valence-corrected chi connectivity index (χ0v) is 19.5. The number of anilines is 1. The van der Waals surface area contributed by atoms with Crippen molar-refractivity contribution in [3.05, 3.63) is 42.3 Å². The maximum Gasteiger partial charge on any atom is 0.305 e. The monoisotopic (exact) mass is 466 g/mol. The van der Waals surface area contributed by atoms with Gasteiger partial charge in [-0.2, -0.15) is 0 Å². The first-order valence-electron chi connectivity index (χ1n) is 12.2. The molecule has 2 fully saturated rings. The molecule has 2 aliphatic rings. The van der Waals surface area contributed by atoms with E-state index >= 15 is 0 Å². The van der Waals surface area contributed by atoms with E-state index in [-0.39, 0.29) is 17.9 Å². The van der Waals surface area contributed by atoms with Crippen molar-refractivity contribution in [3.63, 3.8) is 0 Å². The maximum absolute atomic E-state index is 13.4. The Morgan fingerprint density at radius 2 is 1.85 bits per heavy atom. The number of methoxy groups -OCH3 is 1. The lowest BCUT2D eigenvalue weighted by Crippen LogP contribution is -2.39. The van der Waals surface area contributed by atoms with Crippen molar-refractivity contribution in [3.8, 4) is 11.4 Å². The molecule has 180 valence electrons. The van der Waals surface area contributed by atoms with Gasteiger partial charge in [0.25, 0.3) is 0 Å². The fourth-order valence-corrected chi connectivity index (χ4v) is 5.12. The van der Waals surface area contributed by atoms with Gasteiger partial charge in [-0.15, -0.1) is 0 Å². The SMILES string of the molecule is COC(=O)C[C@H]1CC[C@H](OC2CCN(c3ccc(-c4nc5ccc(F)cc5[nH]4)cn3)CC2)CC1. The number of pyridine rings is 1. The Labute approximate surface area is 198 Å². The number of benzene rings is 1. The van der Waals surface area contributed by atoms with Crippen molar-refractivity contribution in [1.82, 2.24) is 15.0 Å². The number of imidazole rings is 1. The summed E-state index contributed by atoms with van der Waals surface area (Å²) < 4.78 is 24.6. The van der Waals surface area contributed by atoms with Crippen LogP contribution < -0.4 is 4.90 Å². The summed E-state index contributed by atoms with van der Waals surface area (Å²) in [7, 11) is 1.46. The van der Waals surface area contributed by atoms with Gasteiger partial charge in [0.2, 0.25) is 0 Å². The molecule has 1 N–H and O–H groups in total. The number of H-pyrrole nitrogens is 1. The van der Waals surface area contributed by atoms with E-state index in [1.54, 1.807) is 6.07 Å². The van der Waals surface area contributed by atoms with Crippen molar-refractivity contribution in [1.29, 1.82) is 0 Å². The van der Waals surface area contributed by atoms with Crippen LogP contribution in [0.1, 0.15) is 44.9 Å². The van der Waals surface area contributed by atoms with Crippen LogP contribution in [0.3, 0.4) is 0 Å². The second kappa shape index (κ2) is 10.1. The van der Waals surface area contributed by atoms with Crippen LogP contribution in [0.25, 0.3) is 22.4 Å². The molecule has 7 nitrogen and oxygen atoms in total. The van der Waals surface area contributed by atoms with Crippen LogP contribution >= 0.6 is 0 Å². The molecule has 0 spiro atoms. The summed E-state index contributed by atoms with van der Waals surface area (Å²) in [6, 6.07) is 8.57. The molecule has 1 saturated heterocycles. The molecule has 2 aromatic heterocycles. The second-order valence-corrected chi connectivity index (χ2v) is 9.40. The standard InChI is InChI=1S/C26H31FN4O3/c1-33-25(32)14-17-2-6-20(7-3-17)34-21-10-12-31(13-11-21)24-9-4-18(16-28-24)26-29-22-8-5-19(27)15-23(22)30-26/h4-5,8-9,15-17,20-21H,2-3,6-7,10-14H2,1H3,(H,29,30)/t17-,20-. The fourth-order valence-electron chi connectivity index (χ4n) is 5.12. The average Bonchev–Trinajstić information content (AvgIpc) is 3.29. The minimum atomic E-state index is -0.283. The lowest BCUT2D eigenvalue weighted by molar-refractivity contribution is -0.142. The Morgan fingerprint density at radius 1 is 1.09 bits per heavy atom. The number of piperidine rings is 1. The molecular formula is C26H31FN4O3. The number of rotatable bonds is 6. The van der Waals surface area contributed by atoms with Crippen molar-refractivity contribution in [2.45, 2.75) is 57.2 Å². The van der Waals surface area contributed by atoms with E-state index in [9.17, 15) is 9.18 Å². The molecule has 1 aliphatic carbocycles. The fraction of sp³-hybridized carbons (Fsp3) is 0.500. The van der Waals surface area contributed by atoms with E-state index in [2.05, 4.69) is 19.9 Å². The van der Waals surface area contributed by atoms with Crippen molar-refractivity contribution < 1.29 is 18.7 Å². The highest BCUT2D eigenvalue weighted by atomic mass is 19.1. The van der Waals surface area contributed by atoms with Gasteiger partial charge in [0.1, 0.15) is 17.5 Å². The molecule has 0 bridgehead atoms. The number of esters is 1. The van der Waals surface area contributed by atoms with Crippen LogP contribution in [0, 0.1) is 11.7 Å². The van der Waals surface area contributed by atoms with Crippen LogP contribution in [-0.2, 0) is 14.3 Å². The molecule has 5 rings (SSSR count). The summed E-state index contributed by atoms with van der Waals surface area (Å²) in [6.07, 6.45) is 9.04. The zero-order valence-electron chi connectivity index (χ0n) is 19.5. The highest BCUT2D eigenvalue weighted by molar-refractivity contribution is 5.79. The minimum Gasteiger partial charge on any atom is -0.469 e. The van der Waals surface area contributed by atoms with Crippen molar-refractivity contribution in [2.24, 2.45) is 5.92 Å². The third-order valence-corrected chi connectivity index (χ3v) is 7.09. The van der Waals surface area contributed by atoms with Crippen LogP contribution in [0.5, 0.6) is 0 Å². The summed E-state index contributed by atoms with van der Waals surface area (Å²) in [5.41, 5.74) is 2.29. The number of hydrogen-bond donors (Lipinski definition) is 1. The topological polar surface area (TPSA) is 80.3 Å². The quantitative estimate of drug-likeness (QED) is 0.522. The van der Waals surface area contributed by atoms with Crippen molar-refractivity contribution >= 4 is 22.8 Å². The first kappa shape index (κ1) is 22.8. The molecule has 1 aromatic carbocycles. The Morgan fingerprint density at radius 3 is 2.56 bits per heavy atom. The van der Waals surface area contributed by atoms with Gasteiger partial charge in [-0.25, -0.2) is 14.4 Å². The predicted octanol–water partition coefficient (Wildman–Crippen LogP) is 4.87. The van der Waals surface area contributed by atoms with Gasteiger partial charge in [-0.05, 0) is 74.8 Å². The highest BCUT2D eigenvalue weighted by Gasteiger charge is 2.28. The number of carbonyl (C=O) groups is 1. The van der Waals surface area contributed by atoms with Crippen LogP contribution in [0.4, 0.5) is 10.2 Å². The number of nitrogens with zero attached hydrogens (tertiary/aromatic N) is 3. The molecule has 0 atom stereocenters. The van der Waals surface area contributed by atoms with Gasteiger partial charge in [0.15, 0.2) is 0 Å². The van der Waals surface area contributed by atoms with Gasteiger partial charge < -0.3 is 19.4 Å². The molecule has 3 aromatic rings. The highest BCUT2D eigenvalue weighted by Crippen LogP contribution is 2.31. The molecule has 34 heavy (non-hydrogen) atoms. The number of ether oxygens (including phenoxy) is 2. The largest absolute Gasteiger partial charge is 0.469 e. The van der Waals surface area contributed by atoms with Gasteiger partial charge in [-0.1, -0.05) is 0 Å². The van der Waals surface area contributed by atoms with Gasteiger partial charge in [-0.3, -0.25) is 4.79 Å². The number of aromatic amines is 1. The third kappa shape index (κ3) is 5.22. The normalized spacial score (nSPS) is 21.6. The number of hydrogen-bond acceptors (Lipinski definition) is 6. The summed E-state index contributed by atoms with van der Waals surface area (Å²) in [5, 5.41) is 0. The zero-order chi connectivity index (χ0) is 23.5. The number of nitrogens with one attached hydrogen (secondary N) is 1. The summed E-state index contributed by atoms with van der Waals surface area (Å²) >= 11 is 0. The van der Waals surface area contributed by atoms with E-state index in [1.807, 2.05) is 18.3 Å². The number of halogens is 1. The Bertz CT molecular complexity index is 1120. The molecule has 1 aliphatic heterocycles. The molecule has 1 saturated carbocycles. The predicted molar refractivity (Wildman–Crippen MR) is 128 cm³/mol. The molecule has 0 unspecified atom stereocenters. The van der Waals surface area contributed by atoms with Crippen molar-refractivity contribution in [2.75, 3.05) is 25.1 Å². The molecule has 8 heteroatoms. The third-order valence-electron chi connectivity index (χ3n) is 7.09. The summed E-state index contributed by atoms with van der Waals surface area (Å²) in [4.78, 5) is 26.1. The molecule has 0 radical (unpaired) electrons. The molecule has 0 amide bonds. The minimum absolute atomic E-state index is 0.105. The van der Waals surface area contributed by atoms with Crippen LogP contribution in [0.2, 0.25) is 0 Å². The van der Waals surface area contributed by atoms with E-state index in [4.69, 9.17) is 9.47 Å².